The van der Waals surface area contributed by atoms with Gasteiger partial charge in [0.1, 0.15) is 0 Å². The highest BCUT2D eigenvalue weighted by molar-refractivity contribution is 8.21. The Hall–Kier alpha value is -0.580. The van der Waals surface area contributed by atoms with Crippen LogP contribution >= 0.6 is 35.1 Å². The lowest BCUT2D eigenvalue weighted by Gasteiger charge is -2.29. The average Bonchev–Trinajstić information content (AvgIpc) is 3.16. The van der Waals surface area contributed by atoms with Crippen molar-refractivity contribution >= 4 is 35.1 Å². The highest BCUT2D eigenvalue weighted by atomic mass is 35.5. The first-order valence-electron chi connectivity index (χ1n) is 7.26. The maximum atomic E-state index is 6.50. The largest absolute Gasteiger partial charge is 0.337 e. The molecule has 0 spiro atoms. The van der Waals surface area contributed by atoms with Crippen molar-refractivity contribution in [3.05, 3.63) is 53.6 Å². The molecular formula is C16H19ClN2S2. The van der Waals surface area contributed by atoms with Crippen LogP contribution in [0.15, 0.2) is 43.0 Å². The predicted octanol–water partition coefficient (Wildman–Crippen LogP) is 5.04. The fraction of sp³-hybridized carbons (Fsp3) is 0.438. The molecule has 1 aliphatic heterocycles. The van der Waals surface area contributed by atoms with Gasteiger partial charge in [-0.1, -0.05) is 36.7 Å². The number of aryl methyl sites for hydroxylation is 1. The molecule has 2 heterocycles. The van der Waals surface area contributed by atoms with E-state index < -0.39 is 0 Å². The normalized spacial score (nSPS) is 25.3. The summed E-state index contributed by atoms with van der Waals surface area (Å²) in [6.07, 6.45) is 8.05. The van der Waals surface area contributed by atoms with Crippen molar-refractivity contribution < 1.29 is 0 Å². The smallest absolute Gasteiger partial charge is 0.0945 e. The number of hydrogen-bond donors (Lipinski definition) is 0. The van der Waals surface area contributed by atoms with Gasteiger partial charge in [0.25, 0.3) is 0 Å². The first-order chi connectivity index (χ1) is 10.2. The second-order valence-corrected chi connectivity index (χ2v) is 8.83. The summed E-state index contributed by atoms with van der Waals surface area (Å²) in [5.74, 6) is 1.20. The summed E-state index contributed by atoms with van der Waals surface area (Å²) in [4.78, 5) is 4.13. The van der Waals surface area contributed by atoms with Gasteiger partial charge in [-0.2, -0.15) is 0 Å². The second-order valence-electron chi connectivity index (χ2n) is 5.24. The summed E-state index contributed by atoms with van der Waals surface area (Å²) in [7, 11) is 0. The molecule has 0 saturated carbocycles. The van der Waals surface area contributed by atoms with Crippen LogP contribution in [0.1, 0.15) is 25.3 Å². The molecule has 2 atom stereocenters. The van der Waals surface area contributed by atoms with Crippen molar-refractivity contribution in [2.24, 2.45) is 0 Å². The SMILES string of the molecule is CCC1CSC(CCn2ccnc2)(c2ccccc2Cl)S1. The van der Waals surface area contributed by atoms with Crippen LogP contribution in [0.5, 0.6) is 0 Å². The highest BCUT2D eigenvalue weighted by Crippen LogP contribution is 2.59. The van der Waals surface area contributed by atoms with Gasteiger partial charge in [-0.05, 0) is 24.5 Å². The molecule has 0 aliphatic carbocycles. The number of hydrogen-bond acceptors (Lipinski definition) is 3. The molecule has 112 valence electrons. The van der Waals surface area contributed by atoms with Crippen LogP contribution < -0.4 is 0 Å². The predicted molar refractivity (Wildman–Crippen MR) is 94.1 cm³/mol. The van der Waals surface area contributed by atoms with Gasteiger partial charge in [-0.25, -0.2) is 4.98 Å². The van der Waals surface area contributed by atoms with Crippen molar-refractivity contribution in [2.45, 2.75) is 35.6 Å². The van der Waals surface area contributed by atoms with Crippen molar-refractivity contribution in [3.63, 3.8) is 0 Å². The third-order valence-corrected chi connectivity index (χ3v) is 8.14. The molecule has 0 bridgehead atoms. The summed E-state index contributed by atoms with van der Waals surface area (Å²) >= 11 is 10.6. The van der Waals surface area contributed by atoms with E-state index in [2.05, 4.69) is 52.1 Å². The molecule has 1 saturated heterocycles. The molecule has 1 aromatic carbocycles. The zero-order chi connectivity index (χ0) is 14.7. The lowest BCUT2D eigenvalue weighted by molar-refractivity contribution is 0.614. The van der Waals surface area contributed by atoms with E-state index in [1.807, 2.05) is 30.9 Å². The Morgan fingerprint density at radius 3 is 2.95 bits per heavy atom. The molecule has 5 heteroatoms. The van der Waals surface area contributed by atoms with Gasteiger partial charge >= 0.3 is 0 Å². The van der Waals surface area contributed by atoms with Crippen LogP contribution in [0.2, 0.25) is 5.02 Å². The summed E-state index contributed by atoms with van der Waals surface area (Å²) in [5.41, 5.74) is 1.28. The van der Waals surface area contributed by atoms with Gasteiger partial charge < -0.3 is 4.57 Å². The van der Waals surface area contributed by atoms with Gasteiger partial charge in [0, 0.05) is 35.0 Å². The standard InChI is InChI=1S/C16H19ClN2S2/c1-2-13-11-20-16(21-13,7-9-19-10-8-18-12-19)14-5-3-4-6-15(14)17/h3-6,8,10,12-13H,2,7,9,11H2,1H3. The van der Waals surface area contributed by atoms with Gasteiger partial charge in [-0.15, -0.1) is 23.5 Å². The van der Waals surface area contributed by atoms with E-state index in [0.29, 0.717) is 5.25 Å². The summed E-state index contributed by atoms with van der Waals surface area (Å²) in [6, 6.07) is 8.31. The molecule has 2 aromatic rings. The van der Waals surface area contributed by atoms with E-state index >= 15 is 0 Å². The number of benzene rings is 1. The lowest BCUT2D eigenvalue weighted by Crippen LogP contribution is -2.18. The molecule has 1 fully saturated rings. The van der Waals surface area contributed by atoms with Gasteiger partial charge in [0.05, 0.1) is 10.4 Å². The van der Waals surface area contributed by atoms with E-state index in [1.165, 1.54) is 17.7 Å². The number of imidazole rings is 1. The van der Waals surface area contributed by atoms with Crippen LogP contribution in [-0.4, -0.2) is 20.6 Å². The minimum atomic E-state index is 0.0727. The lowest BCUT2D eigenvalue weighted by atomic mass is 10.1. The summed E-state index contributed by atoms with van der Waals surface area (Å²) in [6.45, 7) is 3.25. The summed E-state index contributed by atoms with van der Waals surface area (Å²) < 4.78 is 2.22. The second kappa shape index (κ2) is 6.67. The first kappa shape index (κ1) is 15.3. The van der Waals surface area contributed by atoms with Gasteiger partial charge in [-0.3, -0.25) is 0 Å². The minimum absolute atomic E-state index is 0.0727. The molecule has 2 unspecified atom stereocenters. The highest BCUT2D eigenvalue weighted by Gasteiger charge is 2.42. The fourth-order valence-electron chi connectivity index (χ4n) is 2.64. The topological polar surface area (TPSA) is 17.8 Å². The Balaban J connectivity index is 1.87. The Labute approximate surface area is 139 Å². The fourth-order valence-corrected chi connectivity index (χ4v) is 6.89. The van der Waals surface area contributed by atoms with Crippen LogP contribution in [0.4, 0.5) is 0 Å². The van der Waals surface area contributed by atoms with Crippen molar-refractivity contribution in [2.75, 3.05) is 5.75 Å². The van der Waals surface area contributed by atoms with E-state index in [-0.39, 0.29) is 4.08 Å². The quantitative estimate of drug-likeness (QED) is 0.760. The molecular weight excluding hydrogens is 320 g/mol. The monoisotopic (exact) mass is 338 g/mol. The van der Waals surface area contributed by atoms with Crippen LogP contribution in [0, 0.1) is 0 Å². The Kier molecular flexibility index (Phi) is 4.87. The Morgan fingerprint density at radius 2 is 2.29 bits per heavy atom. The molecule has 3 rings (SSSR count). The van der Waals surface area contributed by atoms with Crippen molar-refractivity contribution in [1.82, 2.24) is 9.55 Å². The van der Waals surface area contributed by atoms with Crippen molar-refractivity contribution in [1.29, 1.82) is 0 Å². The zero-order valence-corrected chi connectivity index (χ0v) is 14.4. The molecule has 1 aromatic heterocycles. The molecule has 21 heavy (non-hydrogen) atoms. The summed E-state index contributed by atoms with van der Waals surface area (Å²) in [5, 5.41) is 1.61. The first-order valence-corrected chi connectivity index (χ1v) is 9.50. The Morgan fingerprint density at radius 1 is 1.43 bits per heavy atom. The molecule has 0 radical (unpaired) electrons. The zero-order valence-electron chi connectivity index (χ0n) is 12.0. The van der Waals surface area contributed by atoms with Crippen LogP contribution in [-0.2, 0) is 10.6 Å². The van der Waals surface area contributed by atoms with E-state index in [0.717, 1.165) is 18.0 Å². The van der Waals surface area contributed by atoms with Crippen LogP contribution in [0.25, 0.3) is 0 Å². The third-order valence-electron chi connectivity index (χ3n) is 3.86. The number of halogens is 1. The van der Waals surface area contributed by atoms with Gasteiger partial charge in [0.2, 0.25) is 0 Å². The van der Waals surface area contributed by atoms with Gasteiger partial charge in [0.15, 0.2) is 0 Å². The average molecular weight is 339 g/mol. The minimum Gasteiger partial charge on any atom is -0.337 e. The van der Waals surface area contributed by atoms with E-state index in [9.17, 15) is 0 Å². The number of nitrogens with zero attached hydrogens (tertiary/aromatic N) is 2. The van der Waals surface area contributed by atoms with E-state index in [4.69, 9.17) is 11.6 Å². The number of thioether (sulfide) groups is 2. The number of rotatable bonds is 5. The maximum absolute atomic E-state index is 6.50. The van der Waals surface area contributed by atoms with Crippen LogP contribution in [0.3, 0.4) is 0 Å². The van der Waals surface area contributed by atoms with Crippen molar-refractivity contribution in [3.8, 4) is 0 Å². The molecule has 0 amide bonds. The molecule has 2 nitrogen and oxygen atoms in total. The third kappa shape index (κ3) is 3.27. The Bertz CT molecular complexity index is 588. The molecule has 1 aliphatic rings. The maximum Gasteiger partial charge on any atom is 0.0945 e. The molecule has 0 N–H and O–H groups in total. The number of aromatic nitrogens is 2. The van der Waals surface area contributed by atoms with E-state index in [1.54, 1.807) is 0 Å².